The summed E-state index contributed by atoms with van der Waals surface area (Å²) in [5.41, 5.74) is 34.4. The number of hydrogen-bond donors (Lipinski definition) is 0. The first-order chi connectivity index (χ1) is 60.8. The molecule has 0 unspecified atom stereocenters. The lowest BCUT2D eigenvalue weighted by Gasteiger charge is -2.32. The van der Waals surface area contributed by atoms with Crippen LogP contribution in [-0.2, 0) is 10.8 Å². The lowest BCUT2D eigenvalue weighted by atomic mass is 9.70. The highest BCUT2D eigenvalue weighted by atomic mass is 32.1. The van der Waals surface area contributed by atoms with Crippen molar-refractivity contribution in [2.75, 3.05) is 19.6 Å². The zero-order valence-electron chi connectivity index (χ0n) is 67.6. The van der Waals surface area contributed by atoms with E-state index in [1.165, 1.54) is 98.0 Å². The quantitative estimate of drug-likeness (QED) is 0.115. The first kappa shape index (κ1) is 71.6. The molecule has 0 saturated carbocycles. The average Bonchev–Trinajstić information content (AvgIpc) is 1.51. The number of para-hydroxylation sites is 6. The molecule has 0 fully saturated rings. The topological polar surface area (TPSA) is 39.2 Å². The largest absolute Gasteiger partial charge is 0.456 e. The minimum atomic E-state index is -0.424. The second-order valence-corrected chi connectivity index (χ2v) is 34.0. The Balaban J connectivity index is 0.000000141. The van der Waals surface area contributed by atoms with Crippen molar-refractivity contribution in [3.8, 4) is 44.5 Å². The summed E-state index contributed by atoms with van der Waals surface area (Å²) in [6.45, 7) is 4.73. The monoisotopic (exact) mass is 1590 g/mol. The van der Waals surface area contributed by atoms with Gasteiger partial charge in [0, 0.05) is 122 Å². The van der Waals surface area contributed by atoms with Crippen LogP contribution < -0.4 is 19.6 Å². The van der Waals surface area contributed by atoms with Crippen LogP contribution in [0.15, 0.2) is 446 Å². The van der Waals surface area contributed by atoms with Crippen molar-refractivity contribution in [3.63, 3.8) is 0 Å². The first-order valence-corrected chi connectivity index (χ1v) is 43.1. The highest BCUT2D eigenvalue weighted by Crippen LogP contribution is 2.64. The average molecular weight is 1590 g/mol. The molecule has 25 rings (SSSR count). The van der Waals surface area contributed by atoms with Crippen molar-refractivity contribution in [3.05, 3.63) is 470 Å². The van der Waals surface area contributed by atoms with Crippen LogP contribution in [0.3, 0.4) is 0 Å². The Bertz CT molecular complexity index is 7840. The van der Waals surface area contributed by atoms with E-state index in [0.717, 1.165) is 123 Å². The van der Waals surface area contributed by atoms with Crippen molar-refractivity contribution in [2.24, 2.45) is 0 Å². The van der Waals surface area contributed by atoms with Gasteiger partial charge in [0.1, 0.15) is 22.3 Å². The van der Waals surface area contributed by atoms with Crippen molar-refractivity contribution >= 4 is 154 Å². The minimum absolute atomic E-state index is 0.107. The third kappa shape index (κ3) is 11.4. The van der Waals surface area contributed by atoms with Crippen LogP contribution in [0.4, 0.5) is 68.2 Å². The second-order valence-electron chi connectivity index (χ2n) is 32.9. The van der Waals surface area contributed by atoms with Gasteiger partial charge in [-0.15, -0.1) is 11.3 Å². The van der Waals surface area contributed by atoms with Gasteiger partial charge in [-0.25, -0.2) is 0 Å². The van der Waals surface area contributed by atoms with Gasteiger partial charge in [0.05, 0.1) is 21.5 Å². The van der Waals surface area contributed by atoms with E-state index in [-0.39, 0.29) is 5.41 Å². The molecule has 3 aromatic heterocycles. The summed E-state index contributed by atoms with van der Waals surface area (Å²) in [5, 5.41) is 9.24. The lowest BCUT2D eigenvalue weighted by Crippen LogP contribution is -2.26. The molecule has 0 saturated heterocycles. The molecule has 580 valence electrons. The Morgan fingerprint density at radius 3 is 1.22 bits per heavy atom. The molecule has 0 amide bonds. The fraction of sp³-hybridized carbons (Fsp3) is 0.0345. The maximum Gasteiger partial charge on any atom is 0.143 e. The van der Waals surface area contributed by atoms with E-state index in [1.54, 1.807) is 0 Å². The summed E-state index contributed by atoms with van der Waals surface area (Å²) in [4.78, 5) is 9.51. The summed E-state index contributed by atoms with van der Waals surface area (Å²) in [5.74, 6) is 0. The molecule has 0 aliphatic heterocycles. The number of rotatable bonds is 13. The molecule has 3 aliphatic carbocycles. The Hall–Kier alpha value is -15.5. The summed E-state index contributed by atoms with van der Waals surface area (Å²) in [6, 6.07) is 159. The zero-order valence-corrected chi connectivity index (χ0v) is 68.4. The SMILES string of the molecule is CC1(C)c2ccccc2-c2ccc(N(c3ccccc3)c3cccc4c3sc3cc(N(c5ccccc5)c5ccc6c(c5)C5(c7ccccc7-c7ccccc75)c5ccccc5-6)ccc34)cc21.c1ccc(N(c2ccccc2)c2ccc(-c3cccc4c3oc3cc(N(c5ccc6c(c5)oc5ccccc56)c5cccc6ccccc56)ccc34)cc2)cc1. The van der Waals surface area contributed by atoms with Crippen LogP contribution >= 0.6 is 11.3 Å². The van der Waals surface area contributed by atoms with Crippen molar-refractivity contribution < 1.29 is 8.83 Å². The number of hydrogen-bond acceptors (Lipinski definition) is 7. The Morgan fingerprint density at radius 1 is 0.220 bits per heavy atom. The third-order valence-electron chi connectivity index (χ3n) is 25.9. The fourth-order valence-electron chi connectivity index (χ4n) is 20.4. The van der Waals surface area contributed by atoms with Crippen LogP contribution in [0.1, 0.15) is 47.2 Å². The molecule has 0 atom stereocenters. The molecule has 1 spiro atoms. The molecule has 6 nitrogen and oxygen atoms in total. The maximum absolute atomic E-state index is 6.86. The van der Waals surface area contributed by atoms with Crippen LogP contribution in [0.25, 0.3) is 119 Å². The van der Waals surface area contributed by atoms with Gasteiger partial charge in [-0.3, -0.25) is 0 Å². The van der Waals surface area contributed by atoms with Gasteiger partial charge >= 0.3 is 0 Å². The summed E-state index contributed by atoms with van der Waals surface area (Å²) in [6.07, 6.45) is 0. The molecule has 0 radical (unpaired) electrons. The van der Waals surface area contributed by atoms with Crippen LogP contribution in [0, 0.1) is 0 Å². The Morgan fingerprint density at radius 2 is 0.593 bits per heavy atom. The van der Waals surface area contributed by atoms with E-state index < -0.39 is 5.41 Å². The van der Waals surface area contributed by atoms with Gasteiger partial charge < -0.3 is 28.4 Å². The molecule has 0 bridgehead atoms. The molecule has 19 aromatic carbocycles. The zero-order chi connectivity index (χ0) is 81.4. The molecule has 3 aliphatic rings. The predicted octanol–water partition coefficient (Wildman–Crippen LogP) is 32.9. The van der Waals surface area contributed by atoms with Crippen molar-refractivity contribution in [1.29, 1.82) is 0 Å². The molecule has 0 N–H and O–H groups in total. The van der Waals surface area contributed by atoms with E-state index in [9.17, 15) is 0 Å². The van der Waals surface area contributed by atoms with Crippen LogP contribution in [0.5, 0.6) is 0 Å². The molecule has 123 heavy (non-hydrogen) atoms. The molecule has 7 heteroatoms. The number of thiophene rings is 1. The number of benzene rings is 19. The number of fused-ring (bicyclic) bond motifs is 23. The summed E-state index contributed by atoms with van der Waals surface area (Å²) in [7, 11) is 0. The van der Waals surface area contributed by atoms with Crippen LogP contribution in [0.2, 0.25) is 0 Å². The highest BCUT2D eigenvalue weighted by molar-refractivity contribution is 7.26. The fourth-order valence-corrected chi connectivity index (χ4v) is 21.6. The molecule has 3 heterocycles. The Kier molecular flexibility index (Phi) is 16.6. The van der Waals surface area contributed by atoms with Crippen molar-refractivity contribution in [2.45, 2.75) is 24.7 Å². The van der Waals surface area contributed by atoms with Gasteiger partial charge in [-0.2, -0.15) is 0 Å². The lowest BCUT2D eigenvalue weighted by molar-refractivity contribution is 0.660. The van der Waals surface area contributed by atoms with E-state index >= 15 is 0 Å². The Labute approximate surface area is 717 Å². The van der Waals surface area contributed by atoms with E-state index in [2.05, 4.69) is 458 Å². The van der Waals surface area contributed by atoms with Gasteiger partial charge in [0.2, 0.25) is 0 Å². The van der Waals surface area contributed by atoms with Gasteiger partial charge in [-0.05, 0) is 217 Å². The maximum atomic E-state index is 6.86. The van der Waals surface area contributed by atoms with Gasteiger partial charge in [0.15, 0.2) is 0 Å². The molecule has 22 aromatic rings. The summed E-state index contributed by atoms with van der Waals surface area (Å²) >= 11 is 1.89. The minimum Gasteiger partial charge on any atom is -0.456 e. The normalized spacial score (nSPS) is 12.9. The predicted molar refractivity (Wildman–Crippen MR) is 516 cm³/mol. The highest BCUT2D eigenvalue weighted by Gasteiger charge is 2.52. The van der Waals surface area contributed by atoms with Gasteiger partial charge in [-0.1, -0.05) is 299 Å². The van der Waals surface area contributed by atoms with Crippen LogP contribution in [-0.4, -0.2) is 0 Å². The van der Waals surface area contributed by atoms with E-state index in [0.29, 0.717) is 0 Å². The smallest absolute Gasteiger partial charge is 0.143 e. The van der Waals surface area contributed by atoms with E-state index in [1.807, 2.05) is 23.5 Å². The molecular weight excluding hydrogens is 1510 g/mol. The van der Waals surface area contributed by atoms with Gasteiger partial charge in [0.25, 0.3) is 0 Å². The molecular formula is C116H78N4O2S. The first-order valence-electron chi connectivity index (χ1n) is 42.3. The number of furan rings is 2. The standard InChI is InChI=1S/C64H44N2S.C52H34N2O2/c1-63(2)54-27-13-9-22-46(54)50-35-33-44(38-58(50)63)66(42-20-7-4-8-21-42)60-31-17-26-53-52-37-34-45(40-61(52)67-62(53)60)65(41-18-5-3-6-19-41)43-32-36-51-49-25-12-16-30-57(49)64(59(51)39-43)55-28-14-10-23-47(55)48-24-11-15-29-56(48)64;1-3-15-37(16-4-1)53(38-17-5-2-6-18-38)39-27-25-36(26-28-39)43-21-12-22-47-46-32-30-41(34-51(46)56-52(43)47)54(48-23-11-14-35-13-7-8-19-42(35)48)40-29-31-45-44-20-9-10-24-49(44)55-50(45)33-40/h3-40H,1-2H3;1-34H. The number of nitrogens with zero attached hydrogens (tertiary/aromatic N) is 4. The second kappa shape index (κ2) is 28.6. The summed E-state index contributed by atoms with van der Waals surface area (Å²) < 4.78 is 15.8. The van der Waals surface area contributed by atoms with E-state index in [4.69, 9.17) is 8.83 Å². The van der Waals surface area contributed by atoms with Crippen molar-refractivity contribution in [1.82, 2.24) is 0 Å². The third-order valence-corrected chi connectivity index (χ3v) is 27.1. The number of anilines is 12.